The van der Waals surface area contributed by atoms with Crippen LogP contribution < -0.4 is 19.7 Å². The van der Waals surface area contributed by atoms with Gasteiger partial charge in [0, 0.05) is 36.6 Å². The fourth-order valence-corrected chi connectivity index (χ4v) is 3.64. The lowest BCUT2D eigenvalue weighted by Gasteiger charge is -2.21. The minimum Gasteiger partial charge on any atom is -0.481 e. The largest absolute Gasteiger partial charge is 0.573 e. The second-order valence-corrected chi connectivity index (χ2v) is 7.57. The number of methoxy groups -OCH3 is 1. The molecule has 0 aromatic carbocycles. The molecule has 1 N–H and O–H groups in total. The van der Waals surface area contributed by atoms with Crippen molar-refractivity contribution < 1.29 is 27.4 Å². The van der Waals surface area contributed by atoms with E-state index in [1.54, 1.807) is 24.1 Å². The summed E-state index contributed by atoms with van der Waals surface area (Å²) in [6, 6.07) is 5.55. The number of hydrogen-bond acceptors (Lipinski definition) is 8. The number of aryl methyl sites for hydroxylation is 1. The Morgan fingerprint density at radius 1 is 1.18 bits per heavy atom. The lowest BCUT2D eigenvalue weighted by Crippen LogP contribution is -2.31. The molecule has 1 aliphatic carbocycles. The SMILES string of the molecule is COc1ccc(NC(=O)CN(C)c2nc(-c3cc(OC(F)(F)F)ccn3)nc3c2CCC3)cn1. The predicted molar refractivity (Wildman–Crippen MR) is 117 cm³/mol. The molecule has 34 heavy (non-hydrogen) atoms. The van der Waals surface area contributed by atoms with Crippen LogP contribution in [0.4, 0.5) is 24.7 Å². The standard InChI is InChI=1S/C22H21F3N6O3/c1-31(12-18(32)28-13-6-7-19(33-2)27-11-13)21-15-4-3-5-16(15)29-20(30-21)17-10-14(8-9-26-17)34-22(23,24)25/h6-11H,3-5,12H2,1-2H3,(H,28,32). The highest BCUT2D eigenvalue weighted by Gasteiger charge is 2.31. The van der Waals surface area contributed by atoms with E-state index in [1.807, 2.05) is 0 Å². The van der Waals surface area contributed by atoms with Crippen molar-refractivity contribution in [3.05, 3.63) is 47.9 Å². The number of nitrogens with one attached hydrogen (secondary N) is 1. The van der Waals surface area contributed by atoms with Gasteiger partial charge in [-0.05, 0) is 31.4 Å². The fourth-order valence-electron chi connectivity index (χ4n) is 3.64. The number of halogens is 3. The highest BCUT2D eigenvalue weighted by molar-refractivity contribution is 5.93. The first kappa shape index (κ1) is 23.2. The maximum atomic E-state index is 12.6. The highest BCUT2D eigenvalue weighted by Crippen LogP contribution is 2.32. The maximum Gasteiger partial charge on any atom is 0.573 e. The zero-order valence-corrected chi connectivity index (χ0v) is 18.4. The van der Waals surface area contributed by atoms with E-state index >= 15 is 0 Å². The van der Waals surface area contributed by atoms with E-state index in [9.17, 15) is 18.0 Å². The summed E-state index contributed by atoms with van der Waals surface area (Å²) in [5.41, 5.74) is 2.35. The second kappa shape index (κ2) is 9.49. The van der Waals surface area contributed by atoms with Crippen molar-refractivity contribution in [1.82, 2.24) is 19.9 Å². The van der Waals surface area contributed by atoms with Crippen LogP contribution in [-0.4, -0.2) is 52.9 Å². The van der Waals surface area contributed by atoms with Gasteiger partial charge < -0.3 is 19.7 Å². The summed E-state index contributed by atoms with van der Waals surface area (Å²) < 4.78 is 46.8. The van der Waals surface area contributed by atoms with Gasteiger partial charge in [0.1, 0.15) is 17.3 Å². The van der Waals surface area contributed by atoms with Crippen LogP contribution in [0.1, 0.15) is 17.7 Å². The molecule has 0 atom stereocenters. The predicted octanol–water partition coefficient (Wildman–Crippen LogP) is 3.40. The number of alkyl halides is 3. The molecule has 3 aromatic heterocycles. The molecule has 0 bridgehead atoms. The summed E-state index contributed by atoms with van der Waals surface area (Å²) in [5, 5.41) is 2.76. The Labute approximate surface area is 193 Å². The van der Waals surface area contributed by atoms with Gasteiger partial charge in [0.05, 0.1) is 25.5 Å². The van der Waals surface area contributed by atoms with E-state index in [0.29, 0.717) is 23.8 Å². The van der Waals surface area contributed by atoms with Crippen LogP contribution >= 0.6 is 0 Å². The number of likely N-dealkylation sites (N-methyl/N-ethyl adjacent to an activating group) is 1. The molecule has 0 aliphatic heterocycles. The molecule has 0 unspecified atom stereocenters. The number of hydrogen-bond donors (Lipinski definition) is 1. The number of fused-ring (bicyclic) bond motifs is 1. The Morgan fingerprint density at radius 2 is 2.00 bits per heavy atom. The molecular formula is C22H21F3N6O3. The van der Waals surface area contributed by atoms with Crippen LogP contribution in [-0.2, 0) is 17.6 Å². The van der Waals surface area contributed by atoms with Gasteiger partial charge in [0.15, 0.2) is 5.82 Å². The fraction of sp³-hybridized carbons (Fsp3) is 0.318. The van der Waals surface area contributed by atoms with Gasteiger partial charge in [-0.2, -0.15) is 0 Å². The van der Waals surface area contributed by atoms with Gasteiger partial charge in [-0.25, -0.2) is 15.0 Å². The molecule has 3 heterocycles. The molecule has 0 spiro atoms. The van der Waals surface area contributed by atoms with Gasteiger partial charge in [0.25, 0.3) is 0 Å². The van der Waals surface area contributed by atoms with Crippen LogP contribution in [0.25, 0.3) is 11.5 Å². The van der Waals surface area contributed by atoms with Crippen molar-refractivity contribution in [1.29, 1.82) is 0 Å². The molecule has 0 saturated heterocycles. The Bertz CT molecular complexity index is 1190. The van der Waals surface area contributed by atoms with Crippen molar-refractivity contribution in [2.75, 3.05) is 30.9 Å². The maximum absolute atomic E-state index is 12.6. The topological polar surface area (TPSA) is 102 Å². The van der Waals surface area contributed by atoms with Crippen molar-refractivity contribution in [3.63, 3.8) is 0 Å². The number of anilines is 2. The average molecular weight is 474 g/mol. The van der Waals surface area contributed by atoms with Crippen LogP contribution in [0.15, 0.2) is 36.7 Å². The van der Waals surface area contributed by atoms with E-state index in [4.69, 9.17) is 4.74 Å². The van der Waals surface area contributed by atoms with Crippen LogP contribution in [0.2, 0.25) is 0 Å². The third-order valence-corrected chi connectivity index (χ3v) is 5.08. The summed E-state index contributed by atoms with van der Waals surface area (Å²) in [5.74, 6) is 0.418. The van der Waals surface area contributed by atoms with Gasteiger partial charge in [0.2, 0.25) is 11.8 Å². The first-order chi connectivity index (χ1) is 16.2. The third kappa shape index (κ3) is 5.50. The molecular weight excluding hydrogens is 453 g/mol. The monoisotopic (exact) mass is 474 g/mol. The first-order valence-electron chi connectivity index (χ1n) is 10.3. The van der Waals surface area contributed by atoms with Gasteiger partial charge in [-0.15, -0.1) is 13.2 Å². The molecule has 3 aromatic rings. The van der Waals surface area contributed by atoms with Gasteiger partial charge in [-0.1, -0.05) is 0 Å². The summed E-state index contributed by atoms with van der Waals surface area (Å²) in [7, 11) is 3.21. The number of rotatable bonds is 7. The van der Waals surface area contributed by atoms with E-state index in [2.05, 4.69) is 30.0 Å². The van der Waals surface area contributed by atoms with Gasteiger partial charge >= 0.3 is 6.36 Å². The minimum atomic E-state index is -4.82. The number of aromatic nitrogens is 4. The molecule has 0 saturated carbocycles. The second-order valence-electron chi connectivity index (χ2n) is 7.57. The van der Waals surface area contributed by atoms with Crippen molar-refractivity contribution in [3.8, 4) is 23.1 Å². The lowest BCUT2D eigenvalue weighted by molar-refractivity contribution is -0.274. The number of amides is 1. The van der Waals surface area contributed by atoms with Crippen LogP contribution in [0.3, 0.4) is 0 Å². The van der Waals surface area contributed by atoms with Crippen molar-refractivity contribution in [2.24, 2.45) is 0 Å². The molecule has 0 radical (unpaired) electrons. The quantitative estimate of drug-likeness (QED) is 0.556. The number of carbonyl (C=O) groups is 1. The highest BCUT2D eigenvalue weighted by atomic mass is 19.4. The Balaban J connectivity index is 1.56. The Morgan fingerprint density at radius 3 is 2.71 bits per heavy atom. The number of carbonyl (C=O) groups excluding carboxylic acids is 1. The molecule has 9 nitrogen and oxygen atoms in total. The lowest BCUT2D eigenvalue weighted by atomic mass is 10.2. The van der Waals surface area contributed by atoms with Crippen molar-refractivity contribution in [2.45, 2.75) is 25.6 Å². The summed E-state index contributed by atoms with van der Waals surface area (Å²) in [6.07, 6.45) is 0.169. The molecule has 1 aliphatic rings. The molecule has 1 amide bonds. The Hall–Kier alpha value is -3.96. The first-order valence-corrected chi connectivity index (χ1v) is 10.3. The summed E-state index contributed by atoms with van der Waals surface area (Å²) in [6.45, 7) is -0.0143. The third-order valence-electron chi connectivity index (χ3n) is 5.08. The molecule has 0 fully saturated rings. The minimum absolute atomic E-state index is 0.0143. The molecule has 12 heteroatoms. The average Bonchev–Trinajstić information content (AvgIpc) is 3.26. The zero-order chi connectivity index (χ0) is 24.3. The normalized spacial score (nSPS) is 12.7. The molecule has 4 rings (SSSR count). The smallest absolute Gasteiger partial charge is 0.481 e. The van der Waals surface area contributed by atoms with E-state index in [1.165, 1.54) is 19.5 Å². The van der Waals surface area contributed by atoms with Crippen LogP contribution in [0, 0.1) is 0 Å². The van der Waals surface area contributed by atoms with E-state index in [0.717, 1.165) is 36.2 Å². The van der Waals surface area contributed by atoms with E-state index in [-0.39, 0.29) is 24.0 Å². The van der Waals surface area contributed by atoms with Crippen LogP contribution in [0.5, 0.6) is 11.6 Å². The van der Waals surface area contributed by atoms with E-state index < -0.39 is 12.1 Å². The summed E-state index contributed by atoms with van der Waals surface area (Å²) in [4.78, 5) is 31.5. The number of ether oxygens (including phenoxy) is 2. The number of pyridine rings is 2. The Kier molecular flexibility index (Phi) is 6.48. The van der Waals surface area contributed by atoms with Gasteiger partial charge in [-0.3, -0.25) is 9.78 Å². The zero-order valence-electron chi connectivity index (χ0n) is 18.4. The molecule has 178 valence electrons. The number of nitrogens with zero attached hydrogens (tertiary/aromatic N) is 5. The summed E-state index contributed by atoms with van der Waals surface area (Å²) >= 11 is 0. The van der Waals surface area contributed by atoms with Crippen molar-refractivity contribution >= 4 is 17.4 Å².